The third-order valence-electron chi connectivity index (χ3n) is 1.90. The first-order chi connectivity index (χ1) is 7.00. The third-order valence-corrected chi connectivity index (χ3v) is 1.90. The molecule has 0 saturated carbocycles. The maximum Gasteiger partial charge on any atom is 0.238 e. The normalized spacial score (nSPS) is 11.9. The van der Waals surface area contributed by atoms with E-state index in [0.717, 1.165) is 0 Å². The van der Waals surface area contributed by atoms with Crippen LogP contribution in [0.2, 0.25) is 0 Å². The molecule has 0 aromatic heterocycles. The molecule has 15 heavy (non-hydrogen) atoms. The second kappa shape index (κ2) is 4.56. The van der Waals surface area contributed by atoms with E-state index in [-0.39, 0.29) is 5.91 Å². The van der Waals surface area contributed by atoms with Crippen molar-refractivity contribution in [1.82, 2.24) is 0 Å². The second-order valence-corrected chi connectivity index (χ2v) is 3.18. The lowest BCUT2D eigenvalue weighted by molar-refractivity contribution is -0.119. The summed E-state index contributed by atoms with van der Waals surface area (Å²) in [4.78, 5) is 21.5. The number of amides is 2. The SMILES string of the molecule is CC(=O)Nc1ccc(C(N)C(N)=O)cc1. The Labute approximate surface area is 87.4 Å². The van der Waals surface area contributed by atoms with Crippen molar-refractivity contribution in [2.45, 2.75) is 13.0 Å². The third kappa shape index (κ3) is 3.07. The molecule has 2 amide bonds. The van der Waals surface area contributed by atoms with E-state index in [1.165, 1.54) is 6.92 Å². The molecule has 0 saturated heterocycles. The van der Waals surface area contributed by atoms with Crippen LogP contribution in [0.1, 0.15) is 18.5 Å². The molecule has 1 unspecified atom stereocenters. The summed E-state index contributed by atoms with van der Waals surface area (Å²) < 4.78 is 0. The molecule has 0 aliphatic carbocycles. The zero-order valence-electron chi connectivity index (χ0n) is 8.36. The fourth-order valence-corrected chi connectivity index (χ4v) is 1.14. The van der Waals surface area contributed by atoms with Crippen molar-refractivity contribution >= 4 is 17.5 Å². The van der Waals surface area contributed by atoms with Crippen molar-refractivity contribution in [2.75, 3.05) is 5.32 Å². The Morgan fingerprint density at radius 2 is 1.80 bits per heavy atom. The highest BCUT2D eigenvalue weighted by Crippen LogP contribution is 2.14. The molecule has 1 atom stereocenters. The average Bonchev–Trinajstić information content (AvgIpc) is 2.17. The summed E-state index contributed by atoms with van der Waals surface area (Å²) in [5.41, 5.74) is 11.9. The van der Waals surface area contributed by atoms with Gasteiger partial charge in [0.15, 0.2) is 0 Å². The molecule has 0 radical (unpaired) electrons. The molecule has 5 heteroatoms. The number of anilines is 1. The number of hydrogen-bond acceptors (Lipinski definition) is 3. The van der Waals surface area contributed by atoms with Gasteiger partial charge in [-0.1, -0.05) is 12.1 Å². The monoisotopic (exact) mass is 207 g/mol. The van der Waals surface area contributed by atoms with Gasteiger partial charge in [-0.15, -0.1) is 0 Å². The lowest BCUT2D eigenvalue weighted by Gasteiger charge is -2.08. The molecule has 0 fully saturated rings. The summed E-state index contributed by atoms with van der Waals surface area (Å²) >= 11 is 0. The number of benzene rings is 1. The number of carbonyl (C=O) groups is 2. The molecule has 0 bridgehead atoms. The summed E-state index contributed by atoms with van der Waals surface area (Å²) in [6.07, 6.45) is 0. The van der Waals surface area contributed by atoms with Crippen molar-refractivity contribution < 1.29 is 9.59 Å². The summed E-state index contributed by atoms with van der Waals surface area (Å²) in [6, 6.07) is 5.83. The predicted molar refractivity (Wildman–Crippen MR) is 56.9 cm³/mol. The predicted octanol–water partition coefficient (Wildman–Crippen LogP) is 0.130. The lowest BCUT2D eigenvalue weighted by atomic mass is 10.1. The molecule has 1 rings (SSSR count). The Morgan fingerprint density at radius 1 is 1.27 bits per heavy atom. The molecule has 0 spiro atoms. The first-order valence-electron chi connectivity index (χ1n) is 4.43. The minimum absolute atomic E-state index is 0.151. The fourth-order valence-electron chi connectivity index (χ4n) is 1.14. The smallest absolute Gasteiger partial charge is 0.238 e. The number of nitrogens with one attached hydrogen (secondary N) is 1. The molecular formula is C10H13N3O2. The summed E-state index contributed by atoms with van der Waals surface area (Å²) in [5, 5.41) is 2.60. The minimum Gasteiger partial charge on any atom is -0.368 e. The van der Waals surface area contributed by atoms with Crippen molar-refractivity contribution in [3.05, 3.63) is 29.8 Å². The Balaban J connectivity index is 2.80. The van der Waals surface area contributed by atoms with Gasteiger partial charge in [0, 0.05) is 12.6 Å². The van der Waals surface area contributed by atoms with Crippen LogP contribution in [0.25, 0.3) is 0 Å². The van der Waals surface area contributed by atoms with E-state index < -0.39 is 11.9 Å². The van der Waals surface area contributed by atoms with Gasteiger partial charge in [-0.25, -0.2) is 0 Å². The van der Waals surface area contributed by atoms with E-state index in [1.54, 1.807) is 24.3 Å². The van der Waals surface area contributed by atoms with E-state index in [9.17, 15) is 9.59 Å². The molecule has 1 aromatic carbocycles. The number of hydrogen-bond donors (Lipinski definition) is 3. The van der Waals surface area contributed by atoms with Gasteiger partial charge in [0.2, 0.25) is 11.8 Å². The van der Waals surface area contributed by atoms with E-state index in [4.69, 9.17) is 11.5 Å². The van der Waals surface area contributed by atoms with Crippen LogP contribution in [0.4, 0.5) is 5.69 Å². The van der Waals surface area contributed by atoms with E-state index in [0.29, 0.717) is 11.3 Å². The van der Waals surface area contributed by atoms with Gasteiger partial charge in [-0.3, -0.25) is 9.59 Å². The van der Waals surface area contributed by atoms with Crippen molar-refractivity contribution in [1.29, 1.82) is 0 Å². The highest BCUT2D eigenvalue weighted by molar-refractivity contribution is 5.88. The molecule has 1 aromatic rings. The van der Waals surface area contributed by atoms with Gasteiger partial charge >= 0.3 is 0 Å². The van der Waals surface area contributed by atoms with Crippen LogP contribution < -0.4 is 16.8 Å². The Kier molecular flexibility index (Phi) is 3.41. The molecule has 5 nitrogen and oxygen atoms in total. The Morgan fingerprint density at radius 3 is 2.20 bits per heavy atom. The molecule has 5 N–H and O–H groups in total. The highest BCUT2D eigenvalue weighted by atomic mass is 16.1. The zero-order chi connectivity index (χ0) is 11.4. The number of nitrogens with two attached hydrogens (primary N) is 2. The maximum absolute atomic E-state index is 10.8. The van der Waals surface area contributed by atoms with E-state index in [2.05, 4.69) is 5.32 Å². The minimum atomic E-state index is -0.809. The van der Waals surface area contributed by atoms with Crippen molar-refractivity contribution in [3.63, 3.8) is 0 Å². The molecule has 0 heterocycles. The Hall–Kier alpha value is -1.88. The van der Waals surface area contributed by atoms with Crippen LogP contribution in [0.3, 0.4) is 0 Å². The van der Waals surface area contributed by atoms with Gasteiger partial charge < -0.3 is 16.8 Å². The number of primary amides is 1. The van der Waals surface area contributed by atoms with Gasteiger partial charge in [0.05, 0.1) is 0 Å². The van der Waals surface area contributed by atoms with Crippen LogP contribution in [-0.2, 0) is 9.59 Å². The topological polar surface area (TPSA) is 98.2 Å². The second-order valence-electron chi connectivity index (χ2n) is 3.18. The van der Waals surface area contributed by atoms with Crippen molar-refractivity contribution in [2.24, 2.45) is 11.5 Å². The molecule has 80 valence electrons. The summed E-state index contributed by atoms with van der Waals surface area (Å²) in [5.74, 6) is -0.732. The summed E-state index contributed by atoms with van der Waals surface area (Å²) in [6.45, 7) is 1.42. The molecule has 0 aliphatic rings. The van der Waals surface area contributed by atoms with Crippen LogP contribution in [0.5, 0.6) is 0 Å². The van der Waals surface area contributed by atoms with Crippen molar-refractivity contribution in [3.8, 4) is 0 Å². The average molecular weight is 207 g/mol. The van der Waals surface area contributed by atoms with Crippen LogP contribution in [0.15, 0.2) is 24.3 Å². The van der Waals surface area contributed by atoms with Crippen LogP contribution >= 0.6 is 0 Å². The van der Waals surface area contributed by atoms with Gasteiger partial charge in [0.25, 0.3) is 0 Å². The Bertz CT molecular complexity index is 373. The lowest BCUT2D eigenvalue weighted by Crippen LogP contribution is -2.28. The maximum atomic E-state index is 10.8. The first kappa shape index (κ1) is 11.2. The quantitative estimate of drug-likeness (QED) is 0.657. The van der Waals surface area contributed by atoms with Crippen LogP contribution in [-0.4, -0.2) is 11.8 Å². The zero-order valence-corrected chi connectivity index (χ0v) is 8.36. The van der Waals surface area contributed by atoms with E-state index in [1.807, 2.05) is 0 Å². The summed E-state index contributed by atoms with van der Waals surface area (Å²) in [7, 11) is 0. The largest absolute Gasteiger partial charge is 0.368 e. The van der Waals surface area contributed by atoms with Crippen LogP contribution in [0, 0.1) is 0 Å². The van der Waals surface area contributed by atoms with Gasteiger partial charge in [-0.2, -0.15) is 0 Å². The molecular weight excluding hydrogens is 194 g/mol. The van der Waals surface area contributed by atoms with E-state index >= 15 is 0 Å². The fraction of sp³-hybridized carbons (Fsp3) is 0.200. The van der Waals surface area contributed by atoms with Gasteiger partial charge in [-0.05, 0) is 17.7 Å². The number of carbonyl (C=O) groups excluding carboxylic acids is 2. The molecule has 0 aliphatic heterocycles. The van der Waals surface area contributed by atoms with Gasteiger partial charge in [0.1, 0.15) is 6.04 Å². The highest BCUT2D eigenvalue weighted by Gasteiger charge is 2.11. The standard InChI is InChI=1S/C10H13N3O2/c1-6(14)13-8-4-2-7(3-5-8)9(11)10(12)15/h2-5,9H,11H2,1H3,(H2,12,15)(H,13,14). The number of rotatable bonds is 3. The first-order valence-corrected chi connectivity index (χ1v) is 4.43.